The second-order valence-corrected chi connectivity index (χ2v) is 5.56. The highest BCUT2D eigenvalue weighted by molar-refractivity contribution is 5.60. The van der Waals surface area contributed by atoms with Crippen molar-refractivity contribution >= 4 is 5.69 Å². The van der Waals surface area contributed by atoms with Gasteiger partial charge >= 0.3 is 0 Å². The number of benzene rings is 1. The highest BCUT2D eigenvalue weighted by Crippen LogP contribution is 2.36. The second kappa shape index (κ2) is 6.46. The fourth-order valence-electron chi connectivity index (χ4n) is 2.97. The highest BCUT2D eigenvalue weighted by Gasteiger charge is 2.28. The van der Waals surface area contributed by atoms with E-state index in [4.69, 9.17) is 9.47 Å². The molecular weight excluding hydrogens is 254 g/mol. The van der Waals surface area contributed by atoms with E-state index in [2.05, 4.69) is 11.8 Å². The van der Waals surface area contributed by atoms with E-state index < -0.39 is 6.10 Å². The smallest absolute Gasteiger partial charge is 0.126 e. The van der Waals surface area contributed by atoms with Gasteiger partial charge in [-0.1, -0.05) is 13.0 Å². The van der Waals surface area contributed by atoms with E-state index >= 15 is 0 Å². The van der Waals surface area contributed by atoms with Gasteiger partial charge in [0.05, 0.1) is 19.3 Å². The van der Waals surface area contributed by atoms with E-state index in [0.717, 1.165) is 36.5 Å². The first-order chi connectivity index (χ1) is 9.58. The van der Waals surface area contributed by atoms with Crippen molar-refractivity contribution in [3.63, 3.8) is 0 Å². The number of hydrogen-bond donors (Lipinski definition) is 1. The Kier molecular flexibility index (Phi) is 4.89. The van der Waals surface area contributed by atoms with E-state index in [1.165, 1.54) is 0 Å². The number of hydrogen-bond acceptors (Lipinski definition) is 4. The highest BCUT2D eigenvalue weighted by atomic mass is 16.5. The summed E-state index contributed by atoms with van der Waals surface area (Å²) in [6.07, 6.45) is 0.771. The van der Waals surface area contributed by atoms with E-state index in [9.17, 15) is 5.11 Å². The Labute approximate surface area is 121 Å². The SMILES string of the molecule is COc1cccc(N2CCC(C)C(OC)C2)c1[C@H](C)O. The molecule has 20 heavy (non-hydrogen) atoms. The molecule has 4 heteroatoms. The number of rotatable bonds is 4. The van der Waals surface area contributed by atoms with Crippen molar-refractivity contribution in [2.75, 3.05) is 32.2 Å². The molecule has 4 nitrogen and oxygen atoms in total. The molecule has 0 amide bonds. The third-order valence-corrected chi connectivity index (χ3v) is 4.21. The van der Waals surface area contributed by atoms with Crippen molar-refractivity contribution in [2.24, 2.45) is 5.92 Å². The lowest BCUT2D eigenvalue weighted by atomic mass is 9.94. The minimum absolute atomic E-state index is 0.233. The van der Waals surface area contributed by atoms with Crippen molar-refractivity contribution in [1.29, 1.82) is 0 Å². The molecule has 112 valence electrons. The molecule has 2 rings (SSSR count). The molecule has 0 aliphatic carbocycles. The van der Waals surface area contributed by atoms with Crippen molar-refractivity contribution < 1.29 is 14.6 Å². The molecule has 0 bridgehead atoms. The van der Waals surface area contributed by atoms with Gasteiger partial charge in [-0.3, -0.25) is 0 Å². The van der Waals surface area contributed by atoms with E-state index in [-0.39, 0.29) is 6.10 Å². The Morgan fingerprint density at radius 1 is 1.35 bits per heavy atom. The van der Waals surface area contributed by atoms with Crippen molar-refractivity contribution in [3.05, 3.63) is 23.8 Å². The average Bonchev–Trinajstić information content (AvgIpc) is 2.46. The maximum Gasteiger partial charge on any atom is 0.126 e. The third kappa shape index (κ3) is 2.91. The summed E-state index contributed by atoms with van der Waals surface area (Å²) in [5.74, 6) is 1.31. The summed E-state index contributed by atoms with van der Waals surface area (Å²) in [5.41, 5.74) is 1.91. The summed E-state index contributed by atoms with van der Waals surface area (Å²) >= 11 is 0. The molecule has 0 radical (unpaired) electrons. The molecule has 0 saturated carbocycles. The first-order valence-corrected chi connectivity index (χ1v) is 7.21. The molecular formula is C16H25NO3. The largest absolute Gasteiger partial charge is 0.496 e. The van der Waals surface area contributed by atoms with Crippen LogP contribution < -0.4 is 9.64 Å². The molecule has 1 heterocycles. The number of ether oxygens (including phenoxy) is 2. The summed E-state index contributed by atoms with van der Waals surface area (Å²) in [5, 5.41) is 10.1. The van der Waals surface area contributed by atoms with Gasteiger partial charge in [0.15, 0.2) is 0 Å². The molecule has 1 aromatic carbocycles. The standard InChI is InChI=1S/C16H25NO3/c1-11-8-9-17(10-15(11)20-4)13-6-5-7-14(19-3)16(13)12(2)18/h5-7,11-12,15,18H,8-10H2,1-4H3/t11?,12-,15?/m0/s1. The van der Waals surface area contributed by atoms with Gasteiger partial charge in [-0.15, -0.1) is 0 Å². The monoisotopic (exact) mass is 279 g/mol. The van der Waals surface area contributed by atoms with E-state index in [0.29, 0.717) is 5.92 Å². The van der Waals surface area contributed by atoms with Gasteiger partial charge in [0.2, 0.25) is 0 Å². The maximum atomic E-state index is 10.1. The molecule has 3 atom stereocenters. The quantitative estimate of drug-likeness (QED) is 0.920. The fraction of sp³-hybridized carbons (Fsp3) is 0.625. The van der Waals surface area contributed by atoms with Gasteiger partial charge in [-0.25, -0.2) is 0 Å². The average molecular weight is 279 g/mol. The van der Waals surface area contributed by atoms with E-state index in [1.54, 1.807) is 21.1 Å². The summed E-state index contributed by atoms with van der Waals surface area (Å²) < 4.78 is 11.0. The van der Waals surface area contributed by atoms with E-state index in [1.807, 2.05) is 18.2 Å². The molecule has 1 aliphatic heterocycles. The molecule has 1 aromatic rings. The molecule has 2 unspecified atom stereocenters. The van der Waals surface area contributed by atoms with Crippen molar-refractivity contribution in [1.82, 2.24) is 0 Å². The molecule has 0 aromatic heterocycles. The minimum atomic E-state index is -0.554. The Morgan fingerprint density at radius 2 is 2.10 bits per heavy atom. The van der Waals surface area contributed by atoms with Gasteiger partial charge in [0.25, 0.3) is 0 Å². The normalized spacial score (nSPS) is 24.6. The van der Waals surface area contributed by atoms with Crippen LogP contribution in [-0.4, -0.2) is 38.5 Å². The number of aliphatic hydroxyl groups excluding tert-OH is 1. The minimum Gasteiger partial charge on any atom is -0.496 e. The Morgan fingerprint density at radius 3 is 2.70 bits per heavy atom. The Bertz CT molecular complexity index is 447. The molecule has 1 aliphatic rings. The fourth-order valence-corrected chi connectivity index (χ4v) is 2.97. The summed E-state index contributed by atoms with van der Waals surface area (Å²) in [7, 11) is 3.41. The van der Waals surface area contributed by atoms with Crippen LogP contribution in [0, 0.1) is 5.92 Å². The first-order valence-electron chi connectivity index (χ1n) is 7.21. The van der Waals surface area contributed by atoms with Crippen LogP contribution in [0.15, 0.2) is 18.2 Å². The Balaban J connectivity index is 2.32. The number of nitrogens with zero attached hydrogens (tertiary/aromatic N) is 1. The summed E-state index contributed by atoms with van der Waals surface area (Å²) in [4.78, 5) is 2.29. The number of methoxy groups -OCH3 is 2. The predicted octanol–water partition coefficient (Wildman–Crippen LogP) is 2.61. The van der Waals surface area contributed by atoms with Crippen LogP contribution in [0.25, 0.3) is 0 Å². The second-order valence-electron chi connectivity index (χ2n) is 5.56. The van der Waals surface area contributed by atoms with Crippen molar-refractivity contribution in [3.8, 4) is 5.75 Å². The first kappa shape index (κ1) is 15.1. The van der Waals surface area contributed by atoms with Gasteiger partial charge in [0, 0.05) is 31.5 Å². The summed E-state index contributed by atoms with van der Waals surface area (Å²) in [6, 6.07) is 5.92. The van der Waals surface area contributed by atoms with Gasteiger partial charge in [-0.05, 0) is 31.4 Å². The molecule has 1 fully saturated rings. The lowest BCUT2D eigenvalue weighted by Crippen LogP contribution is -2.44. The topological polar surface area (TPSA) is 41.9 Å². The van der Waals surface area contributed by atoms with Gasteiger partial charge in [0.1, 0.15) is 5.75 Å². The number of anilines is 1. The maximum absolute atomic E-state index is 10.1. The number of aliphatic hydroxyl groups is 1. The lowest BCUT2D eigenvalue weighted by molar-refractivity contribution is 0.0496. The van der Waals surface area contributed by atoms with Crippen LogP contribution in [-0.2, 0) is 4.74 Å². The van der Waals surface area contributed by atoms with Crippen molar-refractivity contribution in [2.45, 2.75) is 32.5 Å². The zero-order valence-corrected chi connectivity index (χ0v) is 12.8. The lowest BCUT2D eigenvalue weighted by Gasteiger charge is -2.39. The van der Waals surface area contributed by atoms with Crippen LogP contribution in [0.1, 0.15) is 31.9 Å². The molecule has 1 N–H and O–H groups in total. The Hall–Kier alpha value is -1.26. The number of piperidine rings is 1. The van der Waals surface area contributed by atoms with Gasteiger partial charge in [-0.2, -0.15) is 0 Å². The molecule has 0 spiro atoms. The molecule has 1 saturated heterocycles. The van der Waals surface area contributed by atoms with Crippen LogP contribution in [0.5, 0.6) is 5.75 Å². The summed E-state index contributed by atoms with van der Waals surface area (Å²) in [6.45, 7) is 5.84. The third-order valence-electron chi connectivity index (χ3n) is 4.21. The zero-order chi connectivity index (χ0) is 14.7. The van der Waals surface area contributed by atoms with Crippen LogP contribution in [0.2, 0.25) is 0 Å². The van der Waals surface area contributed by atoms with Crippen LogP contribution in [0.4, 0.5) is 5.69 Å². The predicted molar refractivity (Wildman–Crippen MR) is 80.4 cm³/mol. The van der Waals surface area contributed by atoms with Crippen LogP contribution >= 0.6 is 0 Å². The van der Waals surface area contributed by atoms with Gasteiger partial charge < -0.3 is 19.5 Å². The van der Waals surface area contributed by atoms with Crippen LogP contribution in [0.3, 0.4) is 0 Å². The zero-order valence-electron chi connectivity index (χ0n) is 12.8.